The number of rotatable bonds is 2. The molecule has 0 bridgehead atoms. The lowest BCUT2D eigenvalue weighted by Crippen LogP contribution is -2.02. The number of nitrogens with one attached hydrogen (secondary N) is 1. The Morgan fingerprint density at radius 3 is 2.60 bits per heavy atom. The maximum absolute atomic E-state index is 5.41. The molecule has 3 N–H and O–H groups in total. The lowest BCUT2D eigenvalue weighted by atomic mass is 10.1. The van der Waals surface area contributed by atoms with Crippen LogP contribution in [0.1, 0.15) is 31.2 Å². The van der Waals surface area contributed by atoms with E-state index in [1.54, 1.807) is 0 Å². The highest BCUT2D eigenvalue weighted by Crippen LogP contribution is 2.12. The fourth-order valence-electron chi connectivity index (χ4n) is 0.874. The second kappa shape index (κ2) is 2.79. The second-order valence-corrected chi connectivity index (χ2v) is 2.51. The first-order valence-electron chi connectivity index (χ1n) is 3.35. The van der Waals surface area contributed by atoms with E-state index < -0.39 is 0 Å². The smallest absolute Gasteiger partial charge is 0.0994 e. The summed E-state index contributed by atoms with van der Waals surface area (Å²) in [5.41, 5.74) is 7.26. The molecule has 4 heteroatoms. The zero-order valence-corrected chi connectivity index (χ0v) is 6.26. The predicted molar refractivity (Wildman–Crippen MR) is 38.4 cm³/mol. The van der Waals surface area contributed by atoms with Crippen LogP contribution >= 0.6 is 0 Å². The van der Waals surface area contributed by atoms with Gasteiger partial charge in [0, 0.05) is 6.54 Å². The fourth-order valence-corrected chi connectivity index (χ4v) is 0.874. The van der Waals surface area contributed by atoms with Gasteiger partial charge >= 0.3 is 0 Å². The van der Waals surface area contributed by atoms with E-state index in [1.165, 1.54) is 0 Å². The van der Waals surface area contributed by atoms with Crippen LogP contribution in [0, 0.1) is 0 Å². The molecule has 0 amide bonds. The third-order valence-corrected chi connectivity index (χ3v) is 1.39. The molecule has 1 aromatic rings. The lowest BCUT2D eigenvalue weighted by molar-refractivity contribution is 0.794. The van der Waals surface area contributed by atoms with Gasteiger partial charge in [0.2, 0.25) is 0 Å². The average Bonchev–Trinajstić information content (AvgIpc) is 2.33. The Morgan fingerprint density at radius 2 is 2.20 bits per heavy atom. The summed E-state index contributed by atoms with van der Waals surface area (Å²) in [5.74, 6) is 0.400. The van der Waals surface area contributed by atoms with Crippen molar-refractivity contribution in [2.45, 2.75) is 26.3 Å². The van der Waals surface area contributed by atoms with Gasteiger partial charge < -0.3 is 5.73 Å². The van der Waals surface area contributed by atoms with Crippen molar-refractivity contribution >= 4 is 0 Å². The van der Waals surface area contributed by atoms with E-state index >= 15 is 0 Å². The van der Waals surface area contributed by atoms with Crippen LogP contribution in [0.25, 0.3) is 0 Å². The zero-order chi connectivity index (χ0) is 7.56. The molecular formula is C6H12N4. The van der Waals surface area contributed by atoms with Gasteiger partial charge in [-0.25, -0.2) is 0 Å². The summed E-state index contributed by atoms with van der Waals surface area (Å²) in [6.07, 6.45) is 0. The van der Waals surface area contributed by atoms with E-state index in [-0.39, 0.29) is 0 Å². The predicted octanol–water partition coefficient (Wildman–Crippen LogP) is 0.387. The summed E-state index contributed by atoms with van der Waals surface area (Å²) in [6, 6.07) is 0. The molecule has 10 heavy (non-hydrogen) atoms. The molecule has 1 aromatic heterocycles. The van der Waals surface area contributed by atoms with Gasteiger partial charge in [-0.2, -0.15) is 15.4 Å². The molecule has 0 atom stereocenters. The van der Waals surface area contributed by atoms with E-state index in [4.69, 9.17) is 5.73 Å². The quantitative estimate of drug-likeness (QED) is 0.624. The summed E-state index contributed by atoms with van der Waals surface area (Å²) in [4.78, 5) is 0. The monoisotopic (exact) mass is 140 g/mol. The molecule has 0 radical (unpaired) electrons. The average molecular weight is 140 g/mol. The molecule has 1 heterocycles. The molecule has 0 aromatic carbocycles. The lowest BCUT2D eigenvalue weighted by Gasteiger charge is -1.99. The van der Waals surface area contributed by atoms with Gasteiger partial charge in [-0.15, -0.1) is 0 Å². The molecule has 0 unspecified atom stereocenters. The van der Waals surface area contributed by atoms with Crippen molar-refractivity contribution in [3.63, 3.8) is 0 Å². The third-order valence-electron chi connectivity index (χ3n) is 1.39. The number of aromatic nitrogens is 3. The van der Waals surface area contributed by atoms with E-state index in [1.807, 2.05) is 0 Å². The van der Waals surface area contributed by atoms with Crippen LogP contribution in [-0.4, -0.2) is 15.4 Å². The molecule has 0 saturated heterocycles. The first-order valence-corrected chi connectivity index (χ1v) is 3.35. The van der Waals surface area contributed by atoms with Gasteiger partial charge in [-0.3, -0.25) is 0 Å². The van der Waals surface area contributed by atoms with Crippen molar-refractivity contribution in [1.29, 1.82) is 0 Å². The highest BCUT2D eigenvalue weighted by atomic mass is 15.3. The highest BCUT2D eigenvalue weighted by Gasteiger charge is 2.08. The van der Waals surface area contributed by atoms with Crippen molar-refractivity contribution in [1.82, 2.24) is 15.4 Å². The summed E-state index contributed by atoms with van der Waals surface area (Å²) in [6.45, 7) is 4.60. The third kappa shape index (κ3) is 1.16. The summed E-state index contributed by atoms with van der Waals surface area (Å²) in [5, 5.41) is 10.4. The van der Waals surface area contributed by atoms with Crippen molar-refractivity contribution in [3.05, 3.63) is 11.4 Å². The number of nitrogens with two attached hydrogens (primary N) is 1. The zero-order valence-electron chi connectivity index (χ0n) is 6.26. The molecule has 1 rings (SSSR count). The van der Waals surface area contributed by atoms with Crippen LogP contribution in [0.4, 0.5) is 0 Å². The maximum atomic E-state index is 5.41. The van der Waals surface area contributed by atoms with Gasteiger partial charge in [0.05, 0.1) is 11.4 Å². The van der Waals surface area contributed by atoms with Crippen molar-refractivity contribution in [2.24, 2.45) is 5.73 Å². The Morgan fingerprint density at radius 1 is 1.50 bits per heavy atom. The SMILES string of the molecule is CC(C)c1n[nH]nc1CN. The summed E-state index contributed by atoms with van der Waals surface area (Å²) >= 11 is 0. The fraction of sp³-hybridized carbons (Fsp3) is 0.667. The highest BCUT2D eigenvalue weighted by molar-refractivity contribution is 5.11. The van der Waals surface area contributed by atoms with E-state index in [9.17, 15) is 0 Å². The normalized spacial score (nSPS) is 10.8. The molecule has 0 fully saturated rings. The minimum Gasteiger partial charge on any atom is -0.325 e. The van der Waals surface area contributed by atoms with Crippen molar-refractivity contribution in [3.8, 4) is 0 Å². The minimum atomic E-state index is 0.400. The maximum Gasteiger partial charge on any atom is 0.0994 e. The van der Waals surface area contributed by atoms with Gasteiger partial charge in [-0.05, 0) is 5.92 Å². The van der Waals surface area contributed by atoms with Gasteiger partial charge in [0.15, 0.2) is 0 Å². The van der Waals surface area contributed by atoms with Crippen LogP contribution in [0.2, 0.25) is 0 Å². The second-order valence-electron chi connectivity index (χ2n) is 2.51. The Bertz CT molecular complexity index is 203. The number of hydrogen-bond acceptors (Lipinski definition) is 3. The van der Waals surface area contributed by atoms with E-state index in [2.05, 4.69) is 29.3 Å². The Labute approximate surface area is 59.8 Å². The number of hydrogen-bond donors (Lipinski definition) is 2. The molecular weight excluding hydrogens is 128 g/mol. The topological polar surface area (TPSA) is 67.6 Å². The summed E-state index contributed by atoms with van der Waals surface area (Å²) < 4.78 is 0. The van der Waals surface area contributed by atoms with E-state index in [0.29, 0.717) is 12.5 Å². The van der Waals surface area contributed by atoms with Crippen LogP contribution in [-0.2, 0) is 6.54 Å². The number of H-pyrrole nitrogens is 1. The Balaban J connectivity index is 2.90. The van der Waals surface area contributed by atoms with Crippen LogP contribution < -0.4 is 5.73 Å². The number of nitrogens with zero attached hydrogens (tertiary/aromatic N) is 2. The van der Waals surface area contributed by atoms with Crippen molar-refractivity contribution in [2.75, 3.05) is 0 Å². The molecule has 0 saturated carbocycles. The van der Waals surface area contributed by atoms with Crippen LogP contribution in [0.15, 0.2) is 0 Å². The van der Waals surface area contributed by atoms with Gasteiger partial charge in [-0.1, -0.05) is 13.8 Å². The first kappa shape index (κ1) is 7.21. The molecule has 0 aliphatic rings. The molecule has 0 aliphatic carbocycles. The van der Waals surface area contributed by atoms with Crippen LogP contribution in [0.5, 0.6) is 0 Å². The van der Waals surface area contributed by atoms with Gasteiger partial charge in [0.1, 0.15) is 0 Å². The first-order chi connectivity index (χ1) is 4.75. The largest absolute Gasteiger partial charge is 0.325 e. The number of aromatic amines is 1. The van der Waals surface area contributed by atoms with Crippen LogP contribution in [0.3, 0.4) is 0 Å². The molecule has 4 nitrogen and oxygen atoms in total. The summed E-state index contributed by atoms with van der Waals surface area (Å²) in [7, 11) is 0. The van der Waals surface area contributed by atoms with Crippen molar-refractivity contribution < 1.29 is 0 Å². The van der Waals surface area contributed by atoms with Gasteiger partial charge in [0.25, 0.3) is 0 Å². The standard InChI is InChI=1S/C6H12N4/c1-4(2)6-5(3-7)8-10-9-6/h4H,3,7H2,1-2H3,(H,8,9,10). The molecule has 0 aliphatic heterocycles. The minimum absolute atomic E-state index is 0.400. The Kier molecular flexibility index (Phi) is 2.01. The van der Waals surface area contributed by atoms with E-state index in [0.717, 1.165) is 11.4 Å². The molecule has 56 valence electrons. The Hall–Kier alpha value is -0.900. The molecule has 0 spiro atoms.